The van der Waals surface area contributed by atoms with Gasteiger partial charge in [0.05, 0.1) is 22.5 Å². The molecule has 2 aromatic carbocycles. The van der Waals surface area contributed by atoms with Gasteiger partial charge in [0.1, 0.15) is 6.54 Å². The number of unbranched alkanes of at least 4 members (excludes halogenated alkanes) is 4. The molecule has 0 aromatic heterocycles. The zero-order valence-electron chi connectivity index (χ0n) is 34.7. The first-order chi connectivity index (χ1) is 29.4. The van der Waals surface area contributed by atoms with E-state index in [1.165, 1.54) is 0 Å². The molecule has 20 heteroatoms. The third-order valence-corrected chi connectivity index (χ3v) is 23.2. The molecule has 4 N–H and O–H groups in total. The summed E-state index contributed by atoms with van der Waals surface area (Å²) in [6.45, 7) is 5.12. The summed E-state index contributed by atoms with van der Waals surface area (Å²) in [5.41, 5.74) is 5.31. The first-order valence-electron chi connectivity index (χ1n) is 20.3. The van der Waals surface area contributed by atoms with Crippen LogP contribution in [0.3, 0.4) is 0 Å². The van der Waals surface area contributed by atoms with Crippen LogP contribution in [0.4, 0.5) is 11.4 Å². The monoisotopic (exact) mass is 1580 g/mol. The molecule has 346 valence electrons. The normalized spacial score (nSPS) is 19.7. The maximum Gasteiger partial charge on any atom is 0.303 e. The van der Waals surface area contributed by atoms with E-state index >= 15 is 0 Å². The highest BCUT2D eigenvalue weighted by atomic mass is 127. The molecule has 0 fully saturated rings. The van der Waals surface area contributed by atoms with Crippen LogP contribution in [0.25, 0.3) is 0 Å². The Morgan fingerprint density at radius 2 is 1.16 bits per heavy atom. The highest BCUT2D eigenvalue weighted by molar-refractivity contribution is 14.1. The van der Waals surface area contributed by atoms with Crippen molar-refractivity contribution in [1.82, 2.24) is 0 Å². The Bertz CT molecular complexity index is 2450. The largest absolute Gasteiger partial charge is 0.481 e. The summed E-state index contributed by atoms with van der Waals surface area (Å²) in [7, 11) is -8.33. The minimum Gasteiger partial charge on any atom is -0.481 e. The van der Waals surface area contributed by atoms with Crippen LogP contribution >= 0.6 is 136 Å². The van der Waals surface area contributed by atoms with E-state index in [1.807, 2.05) is 30.4 Å². The predicted octanol–water partition coefficient (Wildman–Crippen LogP) is 11.6. The van der Waals surface area contributed by atoms with Gasteiger partial charge in [-0.05, 0) is 194 Å². The van der Waals surface area contributed by atoms with E-state index < -0.39 is 43.0 Å². The van der Waals surface area contributed by atoms with Crippen molar-refractivity contribution in [2.24, 2.45) is 0 Å². The molecule has 0 bridgehead atoms. The molecule has 2 aromatic rings. The minimum atomic E-state index is -4.17. The molecule has 0 saturated heterocycles. The number of halogens is 6. The zero-order chi connectivity index (χ0) is 46.9. The average Bonchev–Trinajstić information content (AvgIpc) is 3.53. The summed E-state index contributed by atoms with van der Waals surface area (Å²) in [6.07, 6.45) is 20.2. The number of anilines is 1. The summed E-state index contributed by atoms with van der Waals surface area (Å²) in [5.74, 6) is -2.37. The maximum atomic E-state index is 11.8. The van der Waals surface area contributed by atoms with Gasteiger partial charge in [-0.15, -0.1) is 0 Å². The van der Waals surface area contributed by atoms with Crippen LogP contribution in [0, 0.1) is 21.4 Å². The summed E-state index contributed by atoms with van der Waals surface area (Å²) in [6, 6.07) is 4.26. The first kappa shape index (κ1) is 55.6. The SMILES string of the molecule is CC1(CCCCCC(=O)O)C(/C=C/C=C/C=C/C=C2\N(CCCS(=O)(=O)O)c3cc(I)c(I)c(I)c3C2(C)CCCCCC(=O)O)=[N+](CCCS(=O)(=O)O)c2cc(I)c(I)c(I)c21. The Labute approximate surface area is 453 Å². The molecule has 0 radical (unpaired) electrons. The number of aliphatic carboxylic acids is 2. The highest BCUT2D eigenvalue weighted by Gasteiger charge is 2.49. The van der Waals surface area contributed by atoms with Gasteiger partial charge in [0.2, 0.25) is 5.69 Å². The van der Waals surface area contributed by atoms with E-state index in [0.717, 1.165) is 93.9 Å². The molecule has 2 aliphatic heterocycles. The van der Waals surface area contributed by atoms with Gasteiger partial charge >= 0.3 is 11.9 Å². The van der Waals surface area contributed by atoms with Gasteiger partial charge in [0.25, 0.3) is 20.2 Å². The van der Waals surface area contributed by atoms with Crippen molar-refractivity contribution in [3.05, 3.63) is 92.9 Å². The molecule has 63 heavy (non-hydrogen) atoms. The van der Waals surface area contributed by atoms with Gasteiger partial charge in [0, 0.05) is 81.7 Å². The number of rotatable bonds is 24. The zero-order valence-corrected chi connectivity index (χ0v) is 49.3. The van der Waals surface area contributed by atoms with Gasteiger partial charge in [-0.1, -0.05) is 56.1 Å². The van der Waals surface area contributed by atoms with Gasteiger partial charge in [0.15, 0.2) is 5.71 Å². The Morgan fingerprint density at radius 1 is 0.651 bits per heavy atom. The van der Waals surface area contributed by atoms with E-state index in [1.54, 1.807) is 0 Å². The lowest BCUT2D eigenvalue weighted by Crippen LogP contribution is -2.32. The maximum absolute atomic E-state index is 11.8. The van der Waals surface area contributed by atoms with Crippen molar-refractivity contribution >= 4 is 185 Å². The van der Waals surface area contributed by atoms with Gasteiger partial charge in [-0.3, -0.25) is 18.7 Å². The molecule has 2 heterocycles. The number of fused-ring (bicyclic) bond motifs is 2. The van der Waals surface area contributed by atoms with E-state index in [-0.39, 0.29) is 37.2 Å². The number of hydrogen-bond acceptors (Lipinski definition) is 7. The molecule has 2 unspecified atom stereocenters. The van der Waals surface area contributed by atoms with Crippen LogP contribution in [-0.4, -0.2) is 83.0 Å². The minimum absolute atomic E-state index is 0.110. The second-order valence-corrected chi connectivity index (χ2v) is 25.8. The molecule has 0 amide bonds. The summed E-state index contributed by atoms with van der Waals surface area (Å²) >= 11 is 14.2. The molecule has 2 aliphatic rings. The standard InChI is InChI=1S/C43H50I6N2O10S2/c1-42(20-12-6-10-18-34(52)53)32(50(22-14-24-62(56,57)58)30-26-28(44)38(46)40(48)36(30)42)16-8-4-3-5-9-17-33-43(2,21-13-7-11-19-35(54)55)37-31(27-29(45)39(47)41(37)49)51(33)23-15-25-63(59,60)61/h3-5,8-9,16-17,26-27H,6-7,10-15,18-25H2,1-2H3,(H3-,52,53,54,55,56,57,58,59,60,61)/p+1. The lowest BCUT2D eigenvalue weighted by Gasteiger charge is -2.31. The Kier molecular flexibility index (Phi) is 21.6. The molecule has 0 aliphatic carbocycles. The van der Waals surface area contributed by atoms with Crippen LogP contribution in [0.2, 0.25) is 0 Å². The van der Waals surface area contributed by atoms with Crippen LogP contribution in [0.1, 0.15) is 102 Å². The number of carboxylic acids is 2. The number of benzene rings is 2. The lowest BCUT2D eigenvalue weighted by atomic mass is 9.75. The highest BCUT2D eigenvalue weighted by Crippen LogP contribution is 2.54. The quantitative estimate of drug-likeness (QED) is 0.0195. The molecule has 12 nitrogen and oxygen atoms in total. The Morgan fingerprint density at radius 3 is 1.73 bits per heavy atom. The van der Waals surface area contributed by atoms with Crippen molar-refractivity contribution < 1.29 is 50.3 Å². The lowest BCUT2D eigenvalue weighted by molar-refractivity contribution is -0.437. The number of carboxylic acid groups (broad SMARTS) is 2. The average molecular weight is 1580 g/mol. The Balaban J connectivity index is 1.73. The number of nitrogens with zero attached hydrogens (tertiary/aromatic N) is 2. The van der Waals surface area contributed by atoms with Crippen LogP contribution < -0.4 is 4.90 Å². The van der Waals surface area contributed by atoms with Crippen LogP contribution in [0.5, 0.6) is 0 Å². The molecule has 4 rings (SSSR count). The van der Waals surface area contributed by atoms with Crippen molar-refractivity contribution in [2.45, 2.75) is 102 Å². The van der Waals surface area contributed by atoms with Gasteiger partial charge in [-0.2, -0.15) is 21.4 Å². The molecular weight excluding hydrogens is 1530 g/mol. The number of hydrogen-bond donors (Lipinski definition) is 4. The van der Waals surface area contributed by atoms with Crippen molar-refractivity contribution in [3.8, 4) is 0 Å². The molecular formula is C43H51I6N2O10S2+. The fourth-order valence-electron chi connectivity index (χ4n) is 8.45. The predicted molar refractivity (Wildman–Crippen MR) is 300 cm³/mol. The third kappa shape index (κ3) is 15.0. The second kappa shape index (κ2) is 24.5. The van der Waals surface area contributed by atoms with Gasteiger partial charge < -0.3 is 15.1 Å². The molecule has 2 atom stereocenters. The third-order valence-electron chi connectivity index (χ3n) is 11.3. The summed E-state index contributed by atoms with van der Waals surface area (Å²) in [5, 5.41) is 18.4. The van der Waals surface area contributed by atoms with E-state index in [4.69, 9.17) is 0 Å². The van der Waals surface area contributed by atoms with Gasteiger partial charge in [-0.25, -0.2) is 0 Å². The molecule has 0 saturated carbocycles. The first-order valence-corrected chi connectivity index (χ1v) is 30.0. The smallest absolute Gasteiger partial charge is 0.303 e. The van der Waals surface area contributed by atoms with Crippen molar-refractivity contribution in [2.75, 3.05) is 29.5 Å². The van der Waals surface area contributed by atoms with E-state index in [9.17, 15) is 45.7 Å². The second-order valence-electron chi connectivity index (χ2n) is 16.0. The van der Waals surface area contributed by atoms with E-state index in [2.05, 4.69) is 183 Å². The summed E-state index contributed by atoms with van der Waals surface area (Å²) in [4.78, 5) is 24.6. The van der Waals surface area contributed by atoms with Crippen molar-refractivity contribution in [1.29, 1.82) is 0 Å². The topological polar surface area (TPSA) is 190 Å². The van der Waals surface area contributed by atoms with Crippen LogP contribution in [-0.2, 0) is 40.7 Å². The van der Waals surface area contributed by atoms with Crippen molar-refractivity contribution in [3.63, 3.8) is 0 Å². The fourth-order valence-corrected chi connectivity index (χ4v) is 14.8. The van der Waals surface area contributed by atoms with E-state index in [0.29, 0.717) is 25.9 Å². The van der Waals surface area contributed by atoms with Crippen LogP contribution in [0.15, 0.2) is 60.4 Å². The number of carbonyl (C=O) groups is 2. The fraction of sp³-hybridized carbons (Fsp3) is 0.465. The number of allylic oxidation sites excluding steroid dienone is 8. The molecule has 0 spiro atoms. The Hall–Kier alpha value is 0.0100. The summed E-state index contributed by atoms with van der Waals surface area (Å²) < 4.78 is 75.0.